The lowest BCUT2D eigenvalue weighted by Gasteiger charge is -2.20. The Bertz CT molecular complexity index is 499. The molecule has 0 heterocycles. The van der Waals surface area contributed by atoms with Gasteiger partial charge in [-0.1, -0.05) is 0 Å². The molecule has 0 saturated carbocycles. The van der Waals surface area contributed by atoms with E-state index in [-0.39, 0.29) is 18.0 Å². The molecular weight excluding hydrogens is 252 g/mol. The van der Waals surface area contributed by atoms with Crippen LogP contribution in [0.5, 0.6) is 5.75 Å². The standard InChI is InChI=1S/C12H16N2O5/c1-12(2,11(15)16)7-13-8-4-5-9(14(17)18)10(6-8)19-3/h4-6,13H,7H2,1-3H3,(H,15,16). The van der Waals surface area contributed by atoms with Gasteiger partial charge in [0.15, 0.2) is 5.75 Å². The van der Waals surface area contributed by atoms with Gasteiger partial charge in [-0.05, 0) is 19.9 Å². The van der Waals surface area contributed by atoms with Gasteiger partial charge < -0.3 is 15.2 Å². The van der Waals surface area contributed by atoms with E-state index in [9.17, 15) is 14.9 Å². The largest absolute Gasteiger partial charge is 0.490 e. The third-order valence-electron chi connectivity index (χ3n) is 2.69. The van der Waals surface area contributed by atoms with Gasteiger partial charge in [0.1, 0.15) is 0 Å². The van der Waals surface area contributed by atoms with Crippen LogP contribution in [0.1, 0.15) is 13.8 Å². The SMILES string of the molecule is COc1cc(NCC(C)(C)C(=O)O)ccc1[N+](=O)[O-]. The Morgan fingerprint density at radius 3 is 2.63 bits per heavy atom. The van der Waals surface area contributed by atoms with Gasteiger partial charge in [-0.25, -0.2) is 0 Å². The molecule has 0 aromatic heterocycles. The third kappa shape index (κ3) is 3.57. The predicted molar refractivity (Wildman–Crippen MR) is 69.6 cm³/mol. The predicted octanol–water partition coefficient (Wildman–Crippen LogP) is 2.13. The number of nitro groups is 1. The van der Waals surface area contributed by atoms with Crippen molar-refractivity contribution in [1.29, 1.82) is 0 Å². The number of carboxylic acids is 1. The van der Waals surface area contributed by atoms with Gasteiger partial charge in [-0.3, -0.25) is 14.9 Å². The molecule has 0 aliphatic rings. The average molecular weight is 268 g/mol. The lowest BCUT2D eigenvalue weighted by molar-refractivity contribution is -0.385. The molecule has 19 heavy (non-hydrogen) atoms. The number of ether oxygens (including phenoxy) is 1. The van der Waals surface area contributed by atoms with Crippen molar-refractivity contribution in [2.24, 2.45) is 5.41 Å². The highest BCUT2D eigenvalue weighted by Gasteiger charge is 2.27. The quantitative estimate of drug-likeness (QED) is 0.605. The molecule has 0 bridgehead atoms. The number of anilines is 1. The molecular formula is C12H16N2O5. The molecule has 0 unspecified atom stereocenters. The molecule has 0 aliphatic heterocycles. The number of aliphatic carboxylic acids is 1. The van der Waals surface area contributed by atoms with Gasteiger partial charge in [0, 0.05) is 24.4 Å². The number of rotatable bonds is 6. The number of nitrogens with zero attached hydrogens (tertiary/aromatic N) is 1. The highest BCUT2D eigenvalue weighted by atomic mass is 16.6. The van der Waals surface area contributed by atoms with E-state index in [1.54, 1.807) is 13.8 Å². The molecule has 104 valence electrons. The third-order valence-corrected chi connectivity index (χ3v) is 2.69. The van der Waals surface area contributed by atoms with E-state index in [0.29, 0.717) is 5.69 Å². The Morgan fingerprint density at radius 1 is 1.53 bits per heavy atom. The van der Waals surface area contributed by atoms with Crippen LogP contribution < -0.4 is 10.1 Å². The van der Waals surface area contributed by atoms with Gasteiger partial charge in [0.05, 0.1) is 17.4 Å². The van der Waals surface area contributed by atoms with Crippen LogP contribution in [-0.2, 0) is 4.79 Å². The molecule has 0 fully saturated rings. The molecule has 7 heteroatoms. The fraction of sp³-hybridized carbons (Fsp3) is 0.417. The summed E-state index contributed by atoms with van der Waals surface area (Å²) in [6, 6.07) is 4.30. The van der Waals surface area contributed by atoms with Crippen LogP contribution in [0.15, 0.2) is 18.2 Å². The summed E-state index contributed by atoms with van der Waals surface area (Å²) in [5.74, 6) is -0.794. The lowest BCUT2D eigenvalue weighted by atomic mass is 9.94. The van der Waals surface area contributed by atoms with Crippen LogP contribution in [-0.4, -0.2) is 29.7 Å². The van der Waals surface area contributed by atoms with Crippen LogP contribution in [0.25, 0.3) is 0 Å². The Labute approximate surface area is 110 Å². The fourth-order valence-electron chi connectivity index (χ4n) is 1.34. The number of hydrogen-bond donors (Lipinski definition) is 2. The topological polar surface area (TPSA) is 102 Å². The summed E-state index contributed by atoms with van der Waals surface area (Å²) in [4.78, 5) is 21.1. The second-order valence-corrected chi connectivity index (χ2v) is 4.69. The molecule has 0 atom stereocenters. The highest BCUT2D eigenvalue weighted by molar-refractivity contribution is 5.74. The second kappa shape index (κ2) is 5.55. The van der Waals surface area contributed by atoms with Crippen molar-refractivity contribution in [3.05, 3.63) is 28.3 Å². The van der Waals surface area contributed by atoms with Gasteiger partial charge in [-0.15, -0.1) is 0 Å². The molecule has 0 spiro atoms. The van der Waals surface area contributed by atoms with Crippen molar-refractivity contribution in [3.63, 3.8) is 0 Å². The maximum Gasteiger partial charge on any atom is 0.311 e. The van der Waals surface area contributed by atoms with Gasteiger partial charge >= 0.3 is 11.7 Å². The molecule has 0 radical (unpaired) electrons. The first-order valence-electron chi connectivity index (χ1n) is 5.57. The van der Waals surface area contributed by atoms with Crippen LogP contribution in [0.2, 0.25) is 0 Å². The Hall–Kier alpha value is -2.31. The molecule has 1 aromatic rings. The monoisotopic (exact) mass is 268 g/mol. The zero-order valence-corrected chi connectivity index (χ0v) is 11.0. The fourth-order valence-corrected chi connectivity index (χ4v) is 1.34. The minimum Gasteiger partial charge on any atom is -0.490 e. The summed E-state index contributed by atoms with van der Waals surface area (Å²) in [5, 5.41) is 22.6. The Balaban J connectivity index is 2.87. The van der Waals surface area contributed by atoms with Crippen molar-refractivity contribution < 1.29 is 19.6 Å². The first-order chi connectivity index (χ1) is 8.77. The maximum absolute atomic E-state index is 11.0. The molecule has 0 amide bonds. The number of nitro benzene ring substituents is 1. The molecule has 0 saturated heterocycles. The number of hydrogen-bond acceptors (Lipinski definition) is 5. The first kappa shape index (κ1) is 14.7. The zero-order chi connectivity index (χ0) is 14.6. The zero-order valence-electron chi connectivity index (χ0n) is 11.0. The minimum atomic E-state index is -0.936. The Kier molecular flexibility index (Phi) is 4.31. The summed E-state index contributed by atoms with van der Waals surface area (Å²) < 4.78 is 4.93. The minimum absolute atomic E-state index is 0.128. The molecule has 1 rings (SSSR count). The van der Waals surface area contributed by atoms with E-state index >= 15 is 0 Å². The van der Waals surface area contributed by atoms with Crippen LogP contribution in [0.4, 0.5) is 11.4 Å². The second-order valence-electron chi connectivity index (χ2n) is 4.69. The summed E-state index contributed by atoms with van der Waals surface area (Å²) in [7, 11) is 1.34. The number of nitrogens with one attached hydrogen (secondary N) is 1. The van der Waals surface area contributed by atoms with Crippen molar-refractivity contribution >= 4 is 17.3 Å². The van der Waals surface area contributed by atoms with E-state index in [1.807, 2.05) is 0 Å². The number of carboxylic acid groups (broad SMARTS) is 1. The summed E-state index contributed by atoms with van der Waals surface area (Å²) in [6.07, 6.45) is 0. The van der Waals surface area contributed by atoms with E-state index in [2.05, 4.69) is 5.32 Å². The van der Waals surface area contributed by atoms with Gasteiger partial charge in [0.25, 0.3) is 0 Å². The van der Waals surface area contributed by atoms with Crippen molar-refractivity contribution in [2.75, 3.05) is 19.0 Å². The van der Waals surface area contributed by atoms with Crippen molar-refractivity contribution in [3.8, 4) is 5.75 Å². The van der Waals surface area contributed by atoms with Crippen LogP contribution in [0, 0.1) is 15.5 Å². The average Bonchev–Trinajstić information content (AvgIpc) is 2.35. The van der Waals surface area contributed by atoms with Gasteiger partial charge in [0.2, 0.25) is 0 Å². The maximum atomic E-state index is 11.0. The summed E-state index contributed by atoms with van der Waals surface area (Å²) in [5.41, 5.74) is -0.503. The van der Waals surface area contributed by atoms with Crippen molar-refractivity contribution in [1.82, 2.24) is 0 Å². The normalized spacial score (nSPS) is 10.9. The molecule has 1 aromatic carbocycles. The van der Waals surface area contributed by atoms with E-state index < -0.39 is 16.3 Å². The first-order valence-corrected chi connectivity index (χ1v) is 5.57. The van der Waals surface area contributed by atoms with E-state index in [0.717, 1.165) is 0 Å². The summed E-state index contributed by atoms with van der Waals surface area (Å²) in [6.45, 7) is 3.37. The van der Waals surface area contributed by atoms with Gasteiger partial charge in [-0.2, -0.15) is 0 Å². The number of carbonyl (C=O) groups is 1. The number of benzene rings is 1. The van der Waals surface area contributed by atoms with E-state index in [4.69, 9.17) is 9.84 Å². The molecule has 2 N–H and O–H groups in total. The molecule has 7 nitrogen and oxygen atoms in total. The molecule has 0 aliphatic carbocycles. The van der Waals surface area contributed by atoms with Crippen molar-refractivity contribution in [2.45, 2.75) is 13.8 Å². The lowest BCUT2D eigenvalue weighted by Crippen LogP contribution is -2.31. The highest BCUT2D eigenvalue weighted by Crippen LogP contribution is 2.30. The smallest absolute Gasteiger partial charge is 0.311 e. The van der Waals surface area contributed by atoms with E-state index in [1.165, 1.54) is 25.3 Å². The summed E-state index contributed by atoms with van der Waals surface area (Å²) >= 11 is 0. The van der Waals surface area contributed by atoms with Crippen LogP contribution in [0.3, 0.4) is 0 Å². The van der Waals surface area contributed by atoms with Crippen LogP contribution >= 0.6 is 0 Å². The Morgan fingerprint density at radius 2 is 2.16 bits per heavy atom. The number of methoxy groups -OCH3 is 1.